The van der Waals surface area contributed by atoms with Crippen molar-refractivity contribution in [1.29, 1.82) is 0 Å². The minimum Gasteiger partial charge on any atom is -0.449 e. The van der Waals surface area contributed by atoms with Gasteiger partial charge in [0.25, 0.3) is 5.91 Å². The summed E-state index contributed by atoms with van der Waals surface area (Å²) in [6.07, 6.45) is -0.878. The van der Waals surface area contributed by atoms with Crippen molar-refractivity contribution >= 4 is 41.1 Å². The van der Waals surface area contributed by atoms with E-state index in [0.29, 0.717) is 10.1 Å². The number of para-hydroxylation sites is 1. The largest absolute Gasteiger partial charge is 0.449 e. The summed E-state index contributed by atoms with van der Waals surface area (Å²) in [6, 6.07) is 13.3. The second-order valence-electron chi connectivity index (χ2n) is 6.50. The van der Waals surface area contributed by atoms with E-state index in [1.807, 2.05) is 67.7 Å². The van der Waals surface area contributed by atoms with Crippen LogP contribution >= 0.6 is 23.5 Å². The molecule has 27 heavy (non-hydrogen) atoms. The van der Waals surface area contributed by atoms with Crippen LogP contribution in [0, 0.1) is 13.8 Å². The molecule has 1 aliphatic heterocycles. The molecule has 0 aliphatic carbocycles. The highest BCUT2D eigenvalue weighted by Gasteiger charge is 2.21. The van der Waals surface area contributed by atoms with Crippen molar-refractivity contribution in [3.63, 3.8) is 0 Å². The average Bonchev–Trinajstić information content (AvgIpc) is 3.19. The van der Waals surface area contributed by atoms with Crippen LogP contribution in [0.15, 0.2) is 42.5 Å². The number of carbonyl (C=O) groups excluding carboxylic acids is 2. The second-order valence-corrected chi connectivity index (χ2v) is 9.22. The molecule has 3 rings (SSSR count). The number of hydrogen-bond acceptors (Lipinski definition) is 5. The molecule has 1 heterocycles. The smallest absolute Gasteiger partial charge is 0.338 e. The number of anilines is 1. The first-order valence-electron chi connectivity index (χ1n) is 8.87. The monoisotopic (exact) mass is 401 g/mol. The van der Waals surface area contributed by atoms with Crippen molar-refractivity contribution in [2.45, 2.75) is 31.5 Å². The van der Waals surface area contributed by atoms with Gasteiger partial charge in [-0.05, 0) is 49.6 Å². The number of benzene rings is 2. The molecule has 142 valence electrons. The van der Waals surface area contributed by atoms with Crippen LogP contribution in [0.1, 0.15) is 38.6 Å². The van der Waals surface area contributed by atoms with Gasteiger partial charge in [-0.2, -0.15) is 0 Å². The van der Waals surface area contributed by atoms with Crippen LogP contribution < -0.4 is 5.32 Å². The van der Waals surface area contributed by atoms with E-state index in [9.17, 15) is 9.59 Å². The Kier molecular flexibility index (Phi) is 6.50. The van der Waals surface area contributed by atoms with Crippen molar-refractivity contribution in [2.24, 2.45) is 0 Å². The number of hydrogen-bond donors (Lipinski definition) is 1. The lowest BCUT2D eigenvalue weighted by molar-refractivity contribution is -0.123. The Balaban J connectivity index is 1.60. The van der Waals surface area contributed by atoms with Crippen LogP contribution in [0.4, 0.5) is 5.69 Å². The molecule has 0 aromatic heterocycles. The topological polar surface area (TPSA) is 55.4 Å². The fourth-order valence-electron chi connectivity index (χ4n) is 2.85. The van der Waals surface area contributed by atoms with Crippen molar-refractivity contribution in [3.05, 3.63) is 64.7 Å². The highest BCUT2D eigenvalue weighted by atomic mass is 32.2. The minimum atomic E-state index is -0.878. The predicted molar refractivity (Wildman–Crippen MR) is 114 cm³/mol. The molecule has 0 spiro atoms. The molecular formula is C21H23NO3S2. The van der Waals surface area contributed by atoms with E-state index in [0.717, 1.165) is 28.3 Å². The molecule has 0 bridgehead atoms. The summed E-state index contributed by atoms with van der Waals surface area (Å²) in [6.45, 7) is 5.45. The van der Waals surface area contributed by atoms with E-state index in [-0.39, 0.29) is 5.91 Å². The van der Waals surface area contributed by atoms with Crippen LogP contribution in [0.5, 0.6) is 0 Å². The van der Waals surface area contributed by atoms with Gasteiger partial charge in [0.15, 0.2) is 6.10 Å². The lowest BCUT2D eigenvalue weighted by Crippen LogP contribution is -2.30. The maximum Gasteiger partial charge on any atom is 0.338 e. The quantitative estimate of drug-likeness (QED) is 0.717. The predicted octanol–water partition coefficient (Wildman–Crippen LogP) is 4.97. The van der Waals surface area contributed by atoms with E-state index in [4.69, 9.17) is 4.74 Å². The third-order valence-corrected chi connectivity index (χ3v) is 7.53. The summed E-state index contributed by atoms with van der Waals surface area (Å²) in [5.41, 5.74) is 4.37. The standard InChI is InChI=1S/C21H23NO3S2/c1-13-5-4-6-14(2)18(13)22-19(23)15(3)25-20(24)16-7-9-17(10-8-16)21-26-11-12-27-21/h4-10,15,21H,11-12H2,1-3H3,(H,22,23)/t15-/m1/s1. The normalized spacial score (nSPS) is 15.4. The summed E-state index contributed by atoms with van der Waals surface area (Å²) in [4.78, 5) is 24.8. The maximum absolute atomic E-state index is 12.4. The van der Waals surface area contributed by atoms with Gasteiger partial charge >= 0.3 is 5.97 Å². The molecule has 0 radical (unpaired) electrons. The zero-order valence-electron chi connectivity index (χ0n) is 15.7. The van der Waals surface area contributed by atoms with Gasteiger partial charge in [0.2, 0.25) is 0 Å². The van der Waals surface area contributed by atoms with Gasteiger partial charge in [-0.1, -0.05) is 30.3 Å². The van der Waals surface area contributed by atoms with Gasteiger partial charge in [0.05, 0.1) is 10.1 Å². The number of ether oxygens (including phenoxy) is 1. The van der Waals surface area contributed by atoms with Crippen LogP contribution in [0.3, 0.4) is 0 Å². The molecule has 1 saturated heterocycles. The Morgan fingerprint density at radius 1 is 1.04 bits per heavy atom. The number of rotatable bonds is 5. The molecule has 2 aromatic carbocycles. The molecule has 0 saturated carbocycles. The van der Waals surface area contributed by atoms with Crippen molar-refractivity contribution in [1.82, 2.24) is 0 Å². The molecular weight excluding hydrogens is 378 g/mol. The van der Waals surface area contributed by atoms with Gasteiger partial charge in [-0.3, -0.25) is 4.79 Å². The lowest BCUT2D eigenvalue weighted by Gasteiger charge is -2.16. The van der Waals surface area contributed by atoms with Crippen molar-refractivity contribution in [2.75, 3.05) is 16.8 Å². The SMILES string of the molecule is Cc1cccc(C)c1NC(=O)[C@@H](C)OC(=O)c1ccc(C2SCCS2)cc1. The fourth-order valence-corrected chi connectivity index (χ4v) is 5.71. The van der Waals surface area contributed by atoms with Crippen LogP contribution in [0.25, 0.3) is 0 Å². The fraction of sp³-hybridized carbons (Fsp3) is 0.333. The molecule has 1 amide bonds. The first-order chi connectivity index (χ1) is 13.0. The summed E-state index contributed by atoms with van der Waals surface area (Å²) >= 11 is 3.84. The van der Waals surface area contributed by atoms with Gasteiger partial charge in [-0.15, -0.1) is 23.5 Å². The Bertz CT molecular complexity index is 810. The number of carbonyl (C=O) groups is 2. The Morgan fingerprint density at radius 2 is 1.63 bits per heavy atom. The zero-order valence-corrected chi connectivity index (χ0v) is 17.3. The molecule has 1 N–H and O–H groups in total. The second kappa shape index (κ2) is 8.85. The van der Waals surface area contributed by atoms with Gasteiger partial charge in [-0.25, -0.2) is 4.79 Å². The number of amides is 1. The van der Waals surface area contributed by atoms with Crippen LogP contribution in [-0.2, 0) is 9.53 Å². The summed E-state index contributed by atoms with van der Waals surface area (Å²) in [5.74, 6) is 1.49. The minimum absolute atomic E-state index is 0.337. The molecule has 2 aromatic rings. The number of esters is 1. The Morgan fingerprint density at radius 3 is 2.22 bits per heavy atom. The molecule has 1 aliphatic rings. The van der Waals surface area contributed by atoms with E-state index >= 15 is 0 Å². The number of nitrogens with one attached hydrogen (secondary N) is 1. The molecule has 1 fully saturated rings. The lowest BCUT2D eigenvalue weighted by atomic mass is 10.1. The van der Waals surface area contributed by atoms with Crippen LogP contribution in [-0.4, -0.2) is 29.5 Å². The highest BCUT2D eigenvalue weighted by Crippen LogP contribution is 2.45. The molecule has 4 nitrogen and oxygen atoms in total. The molecule has 0 unspecified atom stereocenters. The van der Waals surface area contributed by atoms with Crippen molar-refractivity contribution < 1.29 is 14.3 Å². The van der Waals surface area contributed by atoms with Gasteiger partial charge < -0.3 is 10.1 Å². The average molecular weight is 402 g/mol. The molecule has 6 heteroatoms. The third-order valence-electron chi connectivity index (χ3n) is 4.42. The highest BCUT2D eigenvalue weighted by molar-refractivity contribution is 8.19. The first-order valence-corrected chi connectivity index (χ1v) is 11.0. The summed E-state index contributed by atoms with van der Waals surface area (Å²) in [7, 11) is 0. The Hall–Kier alpha value is -1.92. The first kappa shape index (κ1) is 19.8. The maximum atomic E-state index is 12.4. The van der Waals surface area contributed by atoms with E-state index in [1.165, 1.54) is 5.56 Å². The van der Waals surface area contributed by atoms with E-state index < -0.39 is 12.1 Å². The summed E-state index contributed by atoms with van der Waals surface area (Å²) < 4.78 is 5.80. The van der Waals surface area contributed by atoms with E-state index in [1.54, 1.807) is 19.1 Å². The Labute approximate surface area is 168 Å². The van der Waals surface area contributed by atoms with Crippen LogP contribution in [0.2, 0.25) is 0 Å². The van der Waals surface area contributed by atoms with Crippen molar-refractivity contribution in [3.8, 4) is 0 Å². The van der Waals surface area contributed by atoms with E-state index in [2.05, 4.69) is 5.32 Å². The van der Waals surface area contributed by atoms with Gasteiger partial charge in [0.1, 0.15) is 0 Å². The third kappa shape index (κ3) is 4.87. The molecule has 1 atom stereocenters. The number of thioether (sulfide) groups is 2. The summed E-state index contributed by atoms with van der Waals surface area (Å²) in [5, 5.41) is 2.86. The zero-order chi connectivity index (χ0) is 19.4. The van der Waals surface area contributed by atoms with Gasteiger partial charge in [0, 0.05) is 17.2 Å². The number of aryl methyl sites for hydroxylation is 2.